The Kier molecular flexibility index (Phi) is 6.90. The summed E-state index contributed by atoms with van der Waals surface area (Å²) in [7, 11) is 0. The standard InChI is InChI=1S/C26H29N3O3/c1-2-20-10-6-11-22(16-20)27-26(31)29(23-13-14-23)19-25(30)28(18-24-12-7-15-32-24)17-21-8-4-3-5-9-21/h3-12,15-16,23H,2,13-14,17-19H2,1H3,(H,27,31). The first kappa shape index (κ1) is 21.7. The van der Waals surface area contributed by atoms with Crippen molar-refractivity contribution in [2.45, 2.75) is 45.3 Å². The Bertz CT molecular complexity index is 1030. The summed E-state index contributed by atoms with van der Waals surface area (Å²) < 4.78 is 5.48. The normalized spacial score (nSPS) is 12.9. The van der Waals surface area contributed by atoms with E-state index in [2.05, 4.69) is 12.2 Å². The number of benzene rings is 2. The van der Waals surface area contributed by atoms with Crippen LogP contribution in [-0.4, -0.2) is 34.3 Å². The highest BCUT2D eigenvalue weighted by Gasteiger charge is 2.35. The van der Waals surface area contributed by atoms with Crippen LogP contribution in [0.1, 0.15) is 36.7 Å². The van der Waals surface area contributed by atoms with Crippen molar-refractivity contribution >= 4 is 17.6 Å². The molecule has 1 fully saturated rings. The van der Waals surface area contributed by atoms with Gasteiger partial charge < -0.3 is 19.5 Å². The summed E-state index contributed by atoms with van der Waals surface area (Å²) in [4.78, 5) is 29.8. The Morgan fingerprint density at radius 2 is 1.75 bits per heavy atom. The third kappa shape index (κ3) is 5.78. The van der Waals surface area contributed by atoms with Crippen LogP contribution in [0, 0.1) is 0 Å². The predicted octanol–water partition coefficient (Wildman–Crippen LogP) is 5.07. The summed E-state index contributed by atoms with van der Waals surface area (Å²) >= 11 is 0. The molecule has 0 bridgehead atoms. The number of hydrogen-bond donors (Lipinski definition) is 1. The number of amides is 3. The molecular formula is C26H29N3O3. The predicted molar refractivity (Wildman–Crippen MR) is 124 cm³/mol. The van der Waals surface area contributed by atoms with Crippen LogP contribution in [0.5, 0.6) is 0 Å². The quantitative estimate of drug-likeness (QED) is 0.515. The summed E-state index contributed by atoms with van der Waals surface area (Å²) in [5.41, 5.74) is 2.94. The van der Waals surface area contributed by atoms with Gasteiger partial charge in [-0.1, -0.05) is 49.4 Å². The minimum absolute atomic E-state index is 0.0392. The molecule has 1 aromatic heterocycles. The van der Waals surface area contributed by atoms with Crippen LogP contribution in [0.4, 0.5) is 10.5 Å². The summed E-state index contributed by atoms with van der Waals surface area (Å²) in [5, 5.41) is 2.98. The van der Waals surface area contributed by atoms with Crippen molar-refractivity contribution in [2.24, 2.45) is 0 Å². The summed E-state index contributed by atoms with van der Waals surface area (Å²) in [6.07, 6.45) is 4.35. The zero-order valence-corrected chi connectivity index (χ0v) is 18.4. The molecule has 1 heterocycles. The van der Waals surface area contributed by atoms with E-state index in [-0.39, 0.29) is 24.5 Å². The number of rotatable bonds is 9. The topological polar surface area (TPSA) is 65.8 Å². The molecule has 4 rings (SSSR count). The van der Waals surface area contributed by atoms with Gasteiger partial charge in [0.05, 0.1) is 12.8 Å². The molecule has 6 nitrogen and oxygen atoms in total. The van der Waals surface area contributed by atoms with E-state index in [0.717, 1.165) is 36.1 Å². The number of carbonyl (C=O) groups excluding carboxylic acids is 2. The molecule has 1 aliphatic rings. The smallest absolute Gasteiger partial charge is 0.322 e. The molecular weight excluding hydrogens is 402 g/mol. The highest BCUT2D eigenvalue weighted by atomic mass is 16.3. The molecule has 0 spiro atoms. The Labute approximate surface area is 188 Å². The molecule has 0 unspecified atom stereocenters. The Balaban J connectivity index is 1.47. The minimum atomic E-state index is -0.230. The molecule has 166 valence electrons. The van der Waals surface area contributed by atoms with Gasteiger partial charge in [-0.25, -0.2) is 4.79 Å². The molecule has 2 aromatic carbocycles. The van der Waals surface area contributed by atoms with Gasteiger partial charge in [0.15, 0.2) is 0 Å². The summed E-state index contributed by atoms with van der Waals surface area (Å²) in [6, 6.07) is 21.2. The van der Waals surface area contributed by atoms with Crippen LogP contribution in [-0.2, 0) is 24.3 Å². The van der Waals surface area contributed by atoms with Gasteiger partial charge in [0, 0.05) is 18.3 Å². The van der Waals surface area contributed by atoms with E-state index in [1.165, 1.54) is 0 Å². The third-order valence-electron chi connectivity index (χ3n) is 5.64. The molecule has 1 N–H and O–H groups in total. The van der Waals surface area contributed by atoms with Gasteiger partial charge in [-0.2, -0.15) is 0 Å². The first-order valence-corrected chi connectivity index (χ1v) is 11.1. The third-order valence-corrected chi connectivity index (χ3v) is 5.64. The molecule has 1 aliphatic carbocycles. The van der Waals surface area contributed by atoms with Crippen molar-refractivity contribution in [1.82, 2.24) is 9.80 Å². The lowest BCUT2D eigenvalue weighted by atomic mass is 10.1. The van der Waals surface area contributed by atoms with Crippen molar-refractivity contribution in [3.05, 3.63) is 89.9 Å². The number of aryl methyl sites for hydroxylation is 1. The van der Waals surface area contributed by atoms with Gasteiger partial charge in [-0.3, -0.25) is 4.79 Å². The van der Waals surface area contributed by atoms with E-state index < -0.39 is 0 Å². The first-order chi connectivity index (χ1) is 15.6. The minimum Gasteiger partial charge on any atom is -0.467 e. The van der Waals surface area contributed by atoms with E-state index in [4.69, 9.17) is 4.42 Å². The van der Waals surface area contributed by atoms with Crippen LogP contribution in [0.3, 0.4) is 0 Å². The molecule has 0 atom stereocenters. The average Bonchev–Trinajstić information content (AvgIpc) is 3.52. The highest BCUT2D eigenvalue weighted by Crippen LogP contribution is 2.28. The monoisotopic (exact) mass is 431 g/mol. The Morgan fingerprint density at radius 1 is 0.969 bits per heavy atom. The largest absolute Gasteiger partial charge is 0.467 e. The van der Waals surface area contributed by atoms with Crippen molar-refractivity contribution < 1.29 is 14.0 Å². The molecule has 0 radical (unpaired) electrons. The number of nitrogens with zero attached hydrogens (tertiary/aromatic N) is 2. The number of hydrogen-bond acceptors (Lipinski definition) is 3. The van der Waals surface area contributed by atoms with E-state index in [9.17, 15) is 9.59 Å². The first-order valence-electron chi connectivity index (χ1n) is 11.1. The van der Waals surface area contributed by atoms with Gasteiger partial charge in [0.1, 0.15) is 12.3 Å². The fourth-order valence-electron chi connectivity index (χ4n) is 3.69. The van der Waals surface area contributed by atoms with Gasteiger partial charge in [0.2, 0.25) is 5.91 Å². The average molecular weight is 432 g/mol. The molecule has 3 amide bonds. The molecule has 0 aliphatic heterocycles. The fourth-order valence-corrected chi connectivity index (χ4v) is 3.69. The lowest BCUT2D eigenvalue weighted by molar-refractivity contribution is -0.133. The highest BCUT2D eigenvalue weighted by molar-refractivity contribution is 5.93. The van der Waals surface area contributed by atoms with Crippen LogP contribution in [0.2, 0.25) is 0 Å². The maximum Gasteiger partial charge on any atom is 0.322 e. The molecule has 3 aromatic rings. The van der Waals surface area contributed by atoms with Gasteiger partial charge in [-0.05, 0) is 54.7 Å². The SMILES string of the molecule is CCc1cccc(NC(=O)N(CC(=O)N(Cc2ccccc2)Cc2ccco2)C2CC2)c1. The second-order valence-corrected chi connectivity index (χ2v) is 8.16. The maximum atomic E-state index is 13.3. The van der Waals surface area contributed by atoms with Crippen LogP contribution in [0.25, 0.3) is 0 Å². The number of anilines is 1. The number of nitrogens with one attached hydrogen (secondary N) is 1. The van der Waals surface area contributed by atoms with Crippen LogP contribution in [0.15, 0.2) is 77.4 Å². The Morgan fingerprint density at radius 3 is 2.44 bits per heavy atom. The number of carbonyl (C=O) groups is 2. The molecule has 6 heteroatoms. The number of urea groups is 1. The second kappa shape index (κ2) is 10.2. The van der Waals surface area contributed by atoms with E-state index >= 15 is 0 Å². The summed E-state index contributed by atoms with van der Waals surface area (Å²) in [6.45, 7) is 2.94. The van der Waals surface area contributed by atoms with Gasteiger partial charge in [0.25, 0.3) is 0 Å². The van der Waals surface area contributed by atoms with Crippen LogP contribution >= 0.6 is 0 Å². The van der Waals surface area contributed by atoms with E-state index in [1.807, 2.05) is 66.7 Å². The molecule has 32 heavy (non-hydrogen) atoms. The zero-order chi connectivity index (χ0) is 22.3. The van der Waals surface area contributed by atoms with Gasteiger partial charge in [-0.15, -0.1) is 0 Å². The second-order valence-electron chi connectivity index (χ2n) is 8.16. The maximum absolute atomic E-state index is 13.3. The molecule has 1 saturated carbocycles. The Hall–Kier alpha value is -3.54. The lowest BCUT2D eigenvalue weighted by Gasteiger charge is -2.27. The van der Waals surface area contributed by atoms with Gasteiger partial charge >= 0.3 is 6.03 Å². The van der Waals surface area contributed by atoms with E-state index in [1.54, 1.807) is 16.1 Å². The van der Waals surface area contributed by atoms with Crippen LogP contribution < -0.4 is 5.32 Å². The zero-order valence-electron chi connectivity index (χ0n) is 18.4. The van der Waals surface area contributed by atoms with E-state index in [0.29, 0.717) is 18.8 Å². The van der Waals surface area contributed by atoms with Crippen molar-refractivity contribution in [3.63, 3.8) is 0 Å². The number of furan rings is 1. The van der Waals surface area contributed by atoms with Crippen molar-refractivity contribution in [2.75, 3.05) is 11.9 Å². The lowest BCUT2D eigenvalue weighted by Crippen LogP contribution is -2.45. The van der Waals surface area contributed by atoms with Crippen molar-refractivity contribution in [1.29, 1.82) is 0 Å². The van der Waals surface area contributed by atoms with Crippen molar-refractivity contribution in [3.8, 4) is 0 Å². The molecule has 0 saturated heterocycles. The fraction of sp³-hybridized carbons (Fsp3) is 0.308. The summed E-state index contributed by atoms with van der Waals surface area (Å²) in [5.74, 6) is 0.614.